The number of esters is 1. The number of aromatic nitrogens is 8. The highest BCUT2D eigenvalue weighted by molar-refractivity contribution is 5.95. The summed E-state index contributed by atoms with van der Waals surface area (Å²) in [6.45, 7) is 1.59. The Morgan fingerprint density at radius 2 is 0.986 bits per heavy atom. The van der Waals surface area contributed by atoms with E-state index < -0.39 is 28.8 Å². The minimum atomic E-state index is -1.20. The van der Waals surface area contributed by atoms with Gasteiger partial charge in [0.15, 0.2) is 11.3 Å². The standard InChI is InChI=1S/C26H24FN5O5.C25H22FN5O5/c1-37-25(35)18-4-8-20(9-5-18)32-22-21(14-29-32)24(34)31(16-28-22)15-26(36)10-12-30(13-11-26)23(33)17-2-6-19(27)7-3-17;26-18-3-1-17(2-4-18)23(33)29-11-9-25(35,10-12-29)14-30-15-27-22-21(24(30)34)13-28-31(22)19-5-7-20(8-6-19)36-16-32/h2-9,14,16,36H,10-13,15H2,1H3;1-8,13,15-16,35H,9-12,14H2. The molecule has 6 heterocycles. The Morgan fingerprint density at radius 3 is 1.37 bits per heavy atom. The number of ether oxygens (including phenoxy) is 2. The van der Waals surface area contributed by atoms with Crippen molar-refractivity contribution in [2.45, 2.75) is 50.0 Å². The summed E-state index contributed by atoms with van der Waals surface area (Å²) in [7, 11) is 1.31. The molecule has 0 aliphatic carbocycles. The van der Waals surface area contributed by atoms with Crippen LogP contribution in [0.3, 0.4) is 0 Å². The Hall–Kier alpha value is -8.76. The van der Waals surface area contributed by atoms with Gasteiger partial charge in [-0.2, -0.15) is 10.2 Å². The van der Waals surface area contributed by atoms with Crippen molar-refractivity contribution in [3.8, 4) is 17.1 Å². The van der Waals surface area contributed by atoms with Crippen LogP contribution >= 0.6 is 0 Å². The van der Waals surface area contributed by atoms with Crippen LogP contribution in [0.5, 0.6) is 5.75 Å². The summed E-state index contributed by atoms with van der Waals surface area (Å²) in [4.78, 5) is 85.8. The number of fused-ring (bicyclic) bond motifs is 2. The van der Waals surface area contributed by atoms with Crippen LogP contribution in [-0.2, 0) is 22.6 Å². The van der Waals surface area contributed by atoms with Gasteiger partial charge in [0.2, 0.25) is 0 Å². The number of likely N-dealkylation sites (tertiary alicyclic amines) is 2. The highest BCUT2D eigenvalue weighted by Crippen LogP contribution is 2.28. The number of hydrogen-bond donors (Lipinski definition) is 2. The van der Waals surface area contributed by atoms with Gasteiger partial charge >= 0.3 is 5.97 Å². The van der Waals surface area contributed by atoms with Crippen molar-refractivity contribution in [1.82, 2.24) is 48.5 Å². The maximum absolute atomic E-state index is 13.2. The number of methoxy groups -OCH3 is 1. The minimum Gasteiger partial charge on any atom is -0.465 e. The Balaban J connectivity index is 0.000000180. The summed E-state index contributed by atoms with van der Waals surface area (Å²) in [5, 5.41) is 31.4. The smallest absolute Gasteiger partial charge is 0.337 e. The summed E-state index contributed by atoms with van der Waals surface area (Å²) in [5.41, 5.74) is 0.0226. The number of carbonyl (C=O) groups excluding carboxylic acids is 4. The number of benzene rings is 4. The van der Waals surface area contributed by atoms with Crippen LogP contribution in [0.1, 0.15) is 56.8 Å². The molecule has 2 aliphatic rings. The second kappa shape index (κ2) is 20.5. The van der Waals surface area contributed by atoms with Gasteiger partial charge in [0, 0.05) is 37.3 Å². The summed E-state index contributed by atoms with van der Waals surface area (Å²) in [6, 6.07) is 23.8. The van der Waals surface area contributed by atoms with Crippen LogP contribution in [0.15, 0.2) is 132 Å². The fraction of sp³-hybridized carbons (Fsp3) is 0.255. The van der Waals surface area contributed by atoms with Gasteiger partial charge in [-0.1, -0.05) is 0 Å². The van der Waals surface area contributed by atoms with E-state index in [0.29, 0.717) is 83.1 Å². The van der Waals surface area contributed by atoms with Crippen molar-refractivity contribution in [2.75, 3.05) is 33.3 Å². The number of aliphatic hydroxyl groups is 2. The quantitative estimate of drug-likeness (QED) is 0.137. The third-order valence-corrected chi connectivity index (χ3v) is 13.0. The normalized spacial score (nSPS) is 15.1. The summed E-state index contributed by atoms with van der Waals surface area (Å²) >= 11 is 0. The lowest BCUT2D eigenvalue weighted by atomic mass is 9.91. The van der Waals surface area contributed by atoms with E-state index in [1.54, 1.807) is 58.3 Å². The molecule has 22 heteroatoms. The molecule has 10 rings (SSSR count). The molecule has 73 heavy (non-hydrogen) atoms. The van der Waals surface area contributed by atoms with Crippen LogP contribution in [0.4, 0.5) is 8.78 Å². The number of halogens is 2. The molecule has 2 aliphatic heterocycles. The molecule has 2 amide bonds. The van der Waals surface area contributed by atoms with E-state index in [9.17, 15) is 47.8 Å². The van der Waals surface area contributed by atoms with Crippen LogP contribution in [-0.4, -0.2) is 127 Å². The molecule has 2 N–H and O–H groups in total. The van der Waals surface area contributed by atoms with Gasteiger partial charge in [-0.05, 0) is 123 Å². The lowest BCUT2D eigenvalue weighted by Gasteiger charge is -2.38. The van der Waals surface area contributed by atoms with E-state index in [4.69, 9.17) is 9.47 Å². The molecule has 0 radical (unpaired) electrons. The van der Waals surface area contributed by atoms with Crippen molar-refractivity contribution in [1.29, 1.82) is 0 Å². The molecule has 20 nitrogen and oxygen atoms in total. The van der Waals surface area contributed by atoms with Gasteiger partial charge in [-0.25, -0.2) is 32.9 Å². The molecule has 0 bridgehead atoms. The molecule has 8 aromatic rings. The predicted octanol–water partition coefficient (Wildman–Crippen LogP) is 4.10. The van der Waals surface area contributed by atoms with Crippen molar-refractivity contribution < 1.29 is 47.6 Å². The molecule has 0 atom stereocenters. The third kappa shape index (κ3) is 10.5. The molecule has 2 saturated heterocycles. The predicted molar refractivity (Wildman–Crippen MR) is 257 cm³/mol. The Bertz CT molecular complexity index is 3450. The minimum absolute atomic E-state index is 0.0202. The van der Waals surface area contributed by atoms with E-state index in [0.717, 1.165) is 0 Å². The summed E-state index contributed by atoms with van der Waals surface area (Å²) < 4.78 is 41.5. The van der Waals surface area contributed by atoms with E-state index in [-0.39, 0.29) is 67.1 Å². The Kier molecular flexibility index (Phi) is 13.8. The molecular weight excluding hydrogens is 951 g/mol. The van der Waals surface area contributed by atoms with Crippen molar-refractivity contribution in [2.24, 2.45) is 0 Å². The first-order valence-electron chi connectivity index (χ1n) is 23.0. The lowest BCUT2D eigenvalue weighted by Crippen LogP contribution is -2.49. The molecule has 0 unspecified atom stereocenters. The summed E-state index contributed by atoms with van der Waals surface area (Å²) in [6.07, 6.45) is 6.69. The van der Waals surface area contributed by atoms with Gasteiger partial charge in [0.1, 0.15) is 40.8 Å². The first-order valence-corrected chi connectivity index (χ1v) is 23.0. The van der Waals surface area contributed by atoms with Crippen molar-refractivity contribution in [3.05, 3.63) is 171 Å². The zero-order chi connectivity index (χ0) is 51.4. The van der Waals surface area contributed by atoms with Gasteiger partial charge in [-0.15, -0.1) is 0 Å². The molecule has 0 saturated carbocycles. The SMILES string of the molecule is COC(=O)c1ccc(-n2ncc3c(=O)n(CC4(O)CCN(C(=O)c5ccc(F)cc5)CC4)cnc32)cc1.O=COc1ccc(-n2ncc3c(=O)n(CC4(O)CCN(C(=O)c5ccc(F)cc5)CC4)cnc32)cc1. The van der Waals surface area contributed by atoms with Crippen LogP contribution in [0.25, 0.3) is 33.4 Å². The second-order valence-electron chi connectivity index (χ2n) is 17.7. The Morgan fingerprint density at radius 1 is 0.603 bits per heavy atom. The molecule has 0 spiro atoms. The highest BCUT2D eigenvalue weighted by atomic mass is 19.1. The van der Waals surface area contributed by atoms with Gasteiger partial charge in [0.05, 0.1) is 60.7 Å². The second-order valence-corrected chi connectivity index (χ2v) is 17.7. The maximum Gasteiger partial charge on any atom is 0.337 e. The fourth-order valence-corrected chi connectivity index (χ4v) is 8.83. The van der Waals surface area contributed by atoms with Crippen LogP contribution in [0.2, 0.25) is 0 Å². The number of rotatable bonds is 11. The lowest BCUT2D eigenvalue weighted by molar-refractivity contribution is -0.120. The van der Waals surface area contributed by atoms with Gasteiger partial charge in [-0.3, -0.25) is 33.1 Å². The average molecular weight is 997 g/mol. The highest BCUT2D eigenvalue weighted by Gasteiger charge is 2.37. The first-order chi connectivity index (χ1) is 35.1. The van der Waals surface area contributed by atoms with Crippen LogP contribution < -0.4 is 15.9 Å². The number of carbonyl (C=O) groups is 4. The van der Waals surface area contributed by atoms with Gasteiger partial charge in [0.25, 0.3) is 29.4 Å². The van der Waals surface area contributed by atoms with Crippen LogP contribution in [0, 0.1) is 11.6 Å². The molecule has 374 valence electrons. The van der Waals surface area contributed by atoms with E-state index in [1.165, 1.54) is 99.2 Å². The summed E-state index contributed by atoms with van der Waals surface area (Å²) in [5.74, 6) is -1.36. The zero-order valence-corrected chi connectivity index (χ0v) is 39.1. The van der Waals surface area contributed by atoms with E-state index in [1.807, 2.05) is 0 Å². The topological polar surface area (TPSA) is 239 Å². The molecule has 2 fully saturated rings. The maximum atomic E-state index is 13.2. The van der Waals surface area contributed by atoms with Gasteiger partial charge < -0.3 is 29.5 Å². The first kappa shape index (κ1) is 49.2. The Labute approximate surface area is 412 Å². The van der Waals surface area contributed by atoms with Crippen molar-refractivity contribution >= 4 is 46.3 Å². The number of amides is 2. The molecule has 4 aromatic heterocycles. The van der Waals surface area contributed by atoms with E-state index in [2.05, 4.69) is 20.2 Å². The van der Waals surface area contributed by atoms with Crippen molar-refractivity contribution in [3.63, 3.8) is 0 Å². The average Bonchev–Trinajstić information content (AvgIpc) is 4.05. The number of hydrogen-bond acceptors (Lipinski definition) is 14. The fourth-order valence-electron chi connectivity index (χ4n) is 8.83. The largest absolute Gasteiger partial charge is 0.465 e. The third-order valence-electron chi connectivity index (χ3n) is 13.0. The number of piperidine rings is 2. The molecule has 4 aromatic carbocycles. The molecular formula is C51H46F2N10O10. The zero-order valence-electron chi connectivity index (χ0n) is 39.1. The van der Waals surface area contributed by atoms with E-state index >= 15 is 0 Å². The monoisotopic (exact) mass is 996 g/mol. The number of nitrogens with zero attached hydrogens (tertiary/aromatic N) is 10.